The predicted molar refractivity (Wildman–Crippen MR) is 73.2 cm³/mol. The van der Waals surface area contributed by atoms with Crippen molar-refractivity contribution in [2.24, 2.45) is 0 Å². The van der Waals surface area contributed by atoms with Crippen LogP contribution in [0.2, 0.25) is 0 Å². The molecule has 2 aromatic heterocycles. The molecule has 0 fully saturated rings. The average Bonchev–Trinajstić information content (AvgIpc) is 2.86. The molecule has 2 N–H and O–H groups in total. The van der Waals surface area contributed by atoms with Gasteiger partial charge in [0, 0.05) is 29.0 Å². The van der Waals surface area contributed by atoms with Crippen molar-refractivity contribution < 1.29 is 14.7 Å². The number of carbonyl (C=O) groups is 2. The van der Waals surface area contributed by atoms with E-state index in [1.807, 2.05) is 0 Å². The van der Waals surface area contributed by atoms with E-state index in [9.17, 15) is 9.59 Å². The molecule has 1 amide bonds. The van der Waals surface area contributed by atoms with Gasteiger partial charge in [0.15, 0.2) is 0 Å². The standard InChI is InChI=1S/C13H10N2O3S/c16-12(17)4-2-10-1-3-11(19-10)13(18)15-9-5-7-14-8-6-9/h1-8H,(H,16,17)(H,14,15,18)/b4-2+. The highest BCUT2D eigenvalue weighted by molar-refractivity contribution is 7.15. The molecule has 6 heteroatoms. The molecule has 0 atom stereocenters. The van der Waals surface area contributed by atoms with E-state index in [-0.39, 0.29) is 5.91 Å². The lowest BCUT2D eigenvalue weighted by Crippen LogP contribution is -2.09. The Hall–Kier alpha value is -2.47. The number of nitrogens with zero attached hydrogens (tertiary/aromatic N) is 1. The van der Waals surface area contributed by atoms with E-state index in [4.69, 9.17) is 5.11 Å². The number of hydrogen-bond donors (Lipinski definition) is 2. The second kappa shape index (κ2) is 5.92. The number of carboxylic acid groups (broad SMARTS) is 1. The Labute approximate surface area is 113 Å². The van der Waals surface area contributed by atoms with E-state index in [0.717, 1.165) is 6.08 Å². The first-order valence-electron chi connectivity index (χ1n) is 5.37. The molecule has 5 nitrogen and oxygen atoms in total. The summed E-state index contributed by atoms with van der Waals surface area (Å²) in [5.41, 5.74) is 0.663. The molecule has 96 valence electrons. The molecule has 0 aromatic carbocycles. The van der Waals surface area contributed by atoms with Crippen LogP contribution in [-0.4, -0.2) is 22.0 Å². The van der Waals surface area contributed by atoms with Crippen LogP contribution in [0.15, 0.2) is 42.7 Å². The zero-order valence-electron chi connectivity index (χ0n) is 9.74. The number of carbonyl (C=O) groups excluding carboxylic acids is 1. The maximum atomic E-state index is 11.9. The lowest BCUT2D eigenvalue weighted by Gasteiger charge is -2.01. The minimum Gasteiger partial charge on any atom is -0.478 e. The Morgan fingerprint density at radius 2 is 1.95 bits per heavy atom. The van der Waals surface area contributed by atoms with Crippen LogP contribution in [0.5, 0.6) is 0 Å². The van der Waals surface area contributed by atoms with Crippen molar-refractivity contribution in [2.45, 2.75) is 0 Å². The topological polar surface area (TPSA) is 79.3 Å². The van der Waals surface area contributed by atoms with Gasteiger partial charge in [0.25, 0.3) is 5.91 Å². The molecule has 0 spiro atoms. The number of thiophene rings is 1. The van der Waals surface area contributed by atoms with Crippen LogP contribution >= 0.6 is 11.3 Å². The van der Waals surface area contributed by atoms with E-state index in [1.165, 1.54) is 17.4 Å². The molecular formula is C13H10N2O3S. The summed E-state index contributed by atoms with van der Waals surface area (Å²) in [6, 6.07) is 6.74. The number of amides is 1. The fourth-order valence-corrected chi connectivity index (χ4v) is 2.15. The third kappa shape index (κ3) is 3.75. The summed E-state index contributed by atoms with van der Waals surface area (Å²) in [4.78, 5) is 27.4. The lowest BCUT2D eigenvalue weighted by molar-refractivity contribution is -0.131. The molecule has 0 saturated carbocycles. The Balaban J connectivity index is 2.06. The van der Waals surface area contributed by atoms with Gasteiger partial charge in [-0.2, -0.15) is 0 Å². The van der Waals surface area contributed by atoms with Crippen molar-refractivity contribution in [1.82, 2.24) is 4.98 Å². The molecule has 2 aromatic rings. The number of nitrogens with one attached hydrogen (secondary N) is 1. The largest absolute Gasteiger partial charge is 0.478 e. The van der Waals surface area contributed by atoms with Crippen molar-refractivity contribution in [3.8, 4) is 0 Å². The predicted octanol–water partition coefficient (Wildman–Crippen LogP) is 2.49. The van der Waals surface area contributed by atoms with Crippen LogP contribution in [0.4, 0.5) is 5.69 Å². The summed E-state index contributed by atoms with van der Waals surface area (Å²) in [5.74, 6) is -1.25. The van der Waals surface area contributed by atoms with Gasteiger partial charge in [-0.05, 0) is 30.3 Å². The van der Waals surface area contributed by atoms with Crippen molar-refractivity contribution in [1.29, 1.82) is 0 Å². The molecule has 19 heavy (non-hydrogen) atoms. The maximum absolute atomic E-state index is 11.9. The van der Waals surface area contributed by atoms with E-state index in [1.54, 1.807) is 36.7 Å². The number of anilines is 1. The van der Waals surface area contributed by atoms with Gasteiger partial charge in [-0.15, -0.1) is 11.3 Å². The van der Waals surface area contributed by atoms with Crippen LogP contribution in [-0.2, 0) is 4.79 Å². The molecule has 0 radical (unpaired) electrons. The fraction of sp³-hybridized carbons (Fsp3) is 0. The van der Waals surface area contributed by atoms with Gasteiger partial charge in [-0.3, -0.25) is 9.78 Å². The third-order valence-electron chi connectivity index (χ3n) is 2.18. The number of hydrogen-bond acceptors (Lipinski definition) is 4. The Morgan fingerprint density at radius 3 is 2.63 bits per heavy atom. The van der Waals surface area contributed by atoms with Crippen LogP contribution in [0.25, 0.3) is 6.08 Å². The van der Waals surface area contributed by atoms with Gasteiger partial charge < -0.3 is 10.4 Å². The minimum absolute atomic E-state index is 0.230. The summed E-state index contributed by atoms with van der Waals surface area (Å²) in [6.45, 7) is 0. The normalized spacial score (nSPS) is 10.5. The molecule has 0 bridgehead atoms. The maximum Gasteiger partial charge on any atom is 0.328 e. The zero-order valence-corrected chi connectivity index (χ0v) is 10.6. The molecular weight excluding hydrogens is 264 g/mol. The Kier molecular flexibility index (Phi) is 4.04. The van der Waals surface area contributed by atoms with Crippen molar-refractivity contribution in [3.63, 3.8) is 0 Å². The average molecular weight is 274 g/mol. The highest BCUT2D eigenvalue weighted by Gasteiger charge is 2.08. The number of aliphatic carboxylic acids is 1. The van der Waals surface area contributed by atoms with Gasteiger partial charge in [0.05, 0.1) is 4.88 Å². The summed E-state index contributed by atoms with van der Waals surface area (Å²) in [7, 11) is 0. The second-order valence-corrected chi connectivity index (χ2v) is 4.68. The van der Waals surface area contributed by atoms with Crippen LogP contribution in [0.3, 0.4) is 0 Å². The second-order valence-electron chi connectivity index (χ2n) is 3.56. The summed E-state index contributed by atoms with van der Waals surface area (Å²) >= 11 is 1.22. The number of rotatable bonds is 4. The van der Waals surface area contributed by atoms with Gasteiger partial charge in [0.1, 0.15) is 0 Å². The van der Waals surface area contributed by atoms with E-state index in [2.05, 4.69) is 10.3 Å². The summed E-state index contributed by atoms with van der Waals surface area (Å²) in [6.07, 6.45) is 5.67. The molecule has 2 rings (SSSR count). The molecule has 0 aliphatic carbocycles. The van der Waals surface area contributed by atoms with Gasteiger partial charge >= 0.3 is 5.97 Å². The van der Waals surface area contributed by atoms with Crippen molar-refractivity contribution >= 4 is 35.0 Å². The van der Waals surface area contributed by atoms with Gasteiger partial charge in [0.2, 0.25) is 0 Å². The lowest BCUT2D eigenvalue weighted by atomic mass is 10.3. The van der Waals surface area contributed by atoms with Crippen LogP contribution < -0.4 is 5.32 Å². The van der Waals surface area contributed by atoms with Crippen molar-refractivity contribution in [2.75, 3.05) is 5.32 Å². The first-order chi connectivity index (χ1) is 9.15. The number of aromatic nitrogens is 1. The molecule has 0 unspecified atom stereocenters. The quantitative estimate of drug-likeness (QED) is 0.839. The van der Waals surface area contributed by atoms with Crippen molar-refractivity contribution in [3.05, 3.63) is 52.5 Å². The third-order valence-corrected chi connectivity index (χ3v) is 3.23. The highest BCUT2D eigenvalue weighted by atomic mass is 32.1. The zero-order chi connectivity index (χ0) is 13.7. The van der Waals surface area contributed by atoms with Gasteiger partial charge in [-0.25, -0.2) is 4.79 Å². The molecule has 2 heterocycles. The highest BCUT2D eigenvalue weighted by Crippen LogP contribution is 2.19. The minimum atomic E-state index is -1.02. The summed E-state index contributed by atoms with van der Waals surface area (Å²) in [5, 5.41) is 11.2. The summed E-state index contributed by atoms with van der Waals surface area (Å²) < 4.78 is 0. The smallest absolute Gasteiger partial charge is 0.328 e. The first-order valence-corrected chi connectivity index (χ1v) is 6.19. The molecule has 0 aliphatic rings. The monoisotopic (exact) mass is 274 g/mol. The van der Waals surface area contributed by atoms with E-state index >= 15 is 0 Å². The fourth-order valence-electron chi connectivity index (χ4n) is 1.35. The SMILES string of the molecule is O=C(O)/C=C/c1ccc(C(=O)Nc2ccncc2)s1. The first kappa shape index (κ1) is 13.0. The molecule has 0 aliphatic heterocycles. The van der Waals surface area contributed by atoms with E-state index in [0.29, 0.717) is 15.4 Å². The Bertz CT molecular complexity index is 620. The van der Waals surface area contributed by atoms with Crippen LogP contribution in [0.1, 0.15) is 14.5 Å². The van der Waals surface area contributed by atoms with Crippen LogP contribution in [0, 0.1) is 0 Å². The molecule has 0 saturated heterocycles. The number of pyridine rings is 1. The number of carboxylic acids is 1. The Morgan fingerprint density at radius 1 is 1.21 bits per heavy atom. The van der Waals surface area contributed by atoms with E-state index < -0.39 is 5.97 Å². The van der Waals surface area contributed by atoms with Gasteiger partial charge in [-0.1, -0.05) is 0 Å².